The molecular formula is C25H33N5O2. The van der Waals surface area contributed by atoms with Gasteiger partial charge in [0.25, 0.3) is 0 Å². The van der Waals surface area contributed by atoms with Crippen molar-refractivity contribution in [2.24, 2.45) is 5.92 Å². The van der Waals surface area contributed by atoms with Crippen LogP contribution >= 0.6 is 0 Å². The standard InChI is InChI=1S/C25H33N5O2/c1-30(2)24-20-6-4-5-7-21(20)28-25(29-24)27-19-11-8-17(9-12-19)15-26-16-18-10-13-23(32-3)22(31)14-18/h4-7,10,13-14,17,19,26,31H,8-9,11-12,15-16H2,1-3H3,(H,27,28,29). The number of fused-ring (bicyclic) bond motifs is 1. The topological polar surface area (TPSA) is 82.5 Å². The minimum Gasteiger partial charge on any atom is -0.504 e. The van der Waals surface area contributed by atoms with Crippen LogP contribution in [0.5, 0.6) is 11.5 Å². The Morgan fingerprint density at radius 1 is 1.06 bits per heavy atom. The average molecular weight is 436 g/mol. The zero-order valence-electron chi connectivity index (χ0n) is 19.1. The second-order valence-corrected chi connectivity index (χ2v) is 8.78. The minimum atomic E-state index is 0.187. The number of nitrogens with one attached hydrogen (secondary N) is 2. The van der Waals surface area contributed by atoms with Crippen molar-refractivity contribution in [3.63, 3.8) is 0 Å². The van der Waals surface area contributed by atoms with Crippen LogP contribution in [-0.4, -0.2) is 48.9 Å². The summed E-state index contributed by atoms with van der Waals surface area (Å²) in [7, 11) is 5.60. The lowest BCUT2D eigenvalue weighted by molar-refractivity contribution is 0.323. The lowest BCUT2D eigenvalue weighted by Gasteiger charge is -2.29. The quantitative estimate of drug-likeness (QED) is 0.490. The van der Waals surface area contributed by atoms with E-state index in [0.29, 0.717) is 23.7 Å². The number of hydrogen-bond acceptors (Lipinski definition) is 7. The van der Waals surface area contributed by atoms with Crippen LogP contribution in [0.2, 0.25) is 0 Å². The molecule has 0 radical (unpaired) electrons. The van der Waals surface area contributed by atoms with Gasteiger partial charge in [-0.15, -0.1) is 0 Å². The fraction of sp³-hybridized carbons (Fsp3) is 0.440. The number of benzene rings is 2. The number of hydrogen-bond donors (Lipinski definition) is 3. The summed E-state index contributed by atoms with van der Waals surface area (Å²) in [5.41, 5.74) is 2.03. The molecule has 1 fully saturated rings. The third-order valence-corrected chi connectivity index (χ3v) is 6.19. The van der Waals surface area contributed by atoms with Crippen LogP contribution in [0, 0.1) is 5.92 Å². The van der Waals surface area contributed by atoms with Gasteiger partial charge in [0.1, 0.15) is 5.82 Å². The molecular weight excluding hydrogens is 402 g/mol. The van der Waals surface area contributed by atoms with Crippen molar-refractivity contribution in [3.05, 3.63) is 48.0 Å². The largest absolute Gasteiger partial charge is 0.504 e. The van der Waals surface area contributed by atoms with Crippen molar-refractivity contribution in [2.45, 2.75) is 38.3 Å². The summed E-state index contributed by atoms with van der Waals surface area (Å²) in [5, 5.41) is 18.1. The molecule has 1 heterocycles. The van der Waals surface area contributed by atoms with Crippen molar-refractivity contribution in [1.29, 1.82) is 0 Å². The van der Waals surface area contributed by atoms with Gasteiger partial charge in [0.2, 0.25) is 5.95 Å². The zero-order chi connectivity index (χ0) is 22.5. The van der Waals surface area contributed by atoms with Gasteiger partial charge in [0.05, 0.1) is 12.6 Å². The predicted octanol–water partition coefficient (Wildman–Crippen LogP) is 4.17. The maximum absolute atomic E-state index is 9.92. The van der Waals surface area contributed by atoms with Crippen LogP contribution < -0.4 is 20.3 Å². The molecule has 0 unspecified atom stereocenters. The first-order valence-electron chi connectivity index (χ1n) is 11.3. The van der Waals surface area contributed by atoms with Crippen LogP contribution in [0.15, 0.2) is 42.5 Å². The summed E-state index contributed by atoms with van der Waals surface area (Å²) in [5.74, 6) is 3.02. The van der Waals surface area contributed by atoms with Gasteiger partial charge < -0.3 is 25.4 Å². The molecule has 0 amide bonds. The summed E-state index contributed by atoms with van der Waals surface area (Å²) >= 11 is 0. The molecule has 3 aromatic rings. The highest BCUT2D eigenvalue weighted by Gasteiger charge is 2.22. The molecule has 7 nitrogen and oxygen atoms in total. The summed E-state index contributed by atoms with van der Waals surface area (Å²) in [4.78, 5) is 11.6. The Balaban J connectivity index is 1.27. The Morgan fingerprint density at radius 2 is 1.84 bits per heavy atom. The van der Waals surface area contributed by atoms with E-state index in [0.717, 1.165) is 48.2 Å². The first-order valence-corrected chi connectivity index (χ1v) is 11.3. The van der Waals surface area contributed by atoms with E-state index in [1.165, 1.54) is 12.8 Å². The van der Waals surface area contributed by atoms with Crippen molar-refractivity contribution >= 4 is 22.7 Å². The number of anilines is 2. The normalized spacial score (nSPS) is 18.5. The lowest BCUT2D eigenvalue weighted by Crippen LogP contribution is -2.31. The van der Waals surface area contributed by atoms with Gasteiger partial charge in [-0.1, -0.05) is 18.2 Å². The Labute approximate surface area is 189 Å². The van der Waals surface area contributed by atoms with Crippen molar-refractivity contribution in [1.82, 2.24) is 15.3 Å². The first-order chi connectivity index (χ1) is 15.5. The predicted molar refractivity (Wildman–Crippen MR) is 130 cm³/mol. The lowest BCUT2D eigenvalue weighted by atomic mass is 9.86. The molecule has 0 saturated heterocycles. The number of aromatic nitrogens is 2. The number of rotatable bonds is 8. The molecule has 0 bridgehead atoms. The third-order valence-electron chi connectivity index (χ3n) is 6.19. The first kappa shape index (κ1) is 22.1. The highest BCUT2D eigenvalue weighted by molar-refractivity contribution is 5.90. The SMILES string of the molecule is COc1ccc(CNCC2CCC(Nc3nc(N(C)C)c4ccccc4n3)CC2)cc1O. The van der Waals surface area contributed by atoms with E-state index in [2.05, 4.69) is 16.7 Å². The molecule has 3 N–H and O–H groups in total. The molecule has 1 aromatic heterocycles. The number of ether oxygens (including phenoxy) is 1. The molecule has 0 spiro atoms. The van der Waals surface area contributed by atoms with Gasteiger partial charge in [-0.2, -0.15) is 4.98 Å². The number of phenols is 1. The second kappa shape index (κ2) is 10.0. The molecule has 7 heteroatoms. The highest BCUT2D eigenvalue weighted by atomic mass is 16.5. The van der Waals surface area contributed by atoms with Crippen molar-refractivity contribution < 1.29 is 9.84 Å². The Bertz CT molecular complexity index is 1050. The molecule has 2 aromatic carbocycles. The van der Waals surface area contributed by atoms with E-state index in [4.69, 9.17) is 14.7 Å². The number of nitrogens with zero attached hydrogens (tertiary/aromatic N) is 3. The fourth-order valence-electron chi connectivity index (χ4n) is 4.42. The van der Waals surface area contributed by atoms with Crippen LogP contribution in [-0.2, 0) is 6.54 Å². The van der Waals surface area contributed by atoms with Crippen LogP contribution in [0.25, 0.3) is 10.9 Å². The Morgan fingerprint density at radius 3 is 2.56 bits per heavy atom. The summed E-state index contributed by atoms with van der Waals surface area (Å²) in [6.45, 7) is 1.73. The smallest absolute Gasteiger partial charge is 0.225 e. The Hall–Kier alpha value is -3.06. The van der Waals surface area contributed by atoms with E-state index < -0.39 is 0 Å². The zero-order valence-corrected chi connectivity index (χ0v) is 19.1. The van der Waals surface area contributed by atoms with E-state index >= 15 is 0 Å². The highest BCUT2D eigenvalue weighted by Crippen LogP contribution is 2.29. The molecule has 1 saturated carbocycles. The average Bonchev–Trinajstić information content (AvgIpc) is 2.80. The molecule has 1 aliphatic carbocycles. The van der Waals surface area contributed by atoms with Gasteiger partial charge in [-0.05, 0) is 68.0 Å². The van der Waals surface area contributed by atoms with Crippen LogP contribution in [0.3, 0.4) is 0 Å². The summed E-state index contributed by atoms with van der Waals surface area (Å²) < 4.78 is 5.10. The molecule has 0 aliphatic heterocycles. The van der Waals surface area contributed by atoms with Crippen LogP contribution in [0.1, 0.15) is 31.2 Å². The fourth-order valence-corrected chi connectivity index (χ4v) is 4.42. The van der Waals surface area contributed by atoms with E-state index in [9.17, 15) is 5.11 Å². The monoisotopic (exact) mass is 435 g/mol. The summed E-state index contributed by atoms with van der Waals surface area (Å²) in [6, 6.07) is 14.1. The van der Waals surface area contributed by atoms with E-state index in [1.807, 2.05) is 43.3 Å². The maximum Gasteiger partial charge on any atom is 0.225 e. The number of para-hydroxylation sites is 1. The number of aromatic hydroxyl groups is 1. The van der Waals surface area contributed by atoms with Gasteiger partial charge in [0.15, 0.2) is 11.5 Å². The van der Waals surface area contributed by atoms with Crippen molar-refractivity contribution in [2.75, 3.05) is 38.0 Å². The van der Waals surface area contributed by atoms with Crippen molar-refractivity contribution in [3.8, 4) is 11.5 Å². The van der Waals surface area contributed by atoms with Gasteiger partial charge in [-0.3, -0.25) is 0 Å². The number of phenolic OH excluding ortho intramolecular Hbond substituents is 1. The van der Waals surface area contributed by atoms with Gasteiger partial charge in [-0.25, -0.2) is 4.98 Å². The van der Waals surface area contributed by atoms with Gasteiger partial charge in [0, 0.05) is 32.1 Å². The molecule has 32 heavy (non-hydrogen) atoms. The molecule has 170 valence electrons. The molecule has 0 atom stereocenters. The van der Waals surface area contributed by atoms with Gasteiger partial charge >= 0.3 is 0 Å². The second-order valence-electron chi connectivity index (χ2n) is 8.78. The van der Waals surface area contributed by atoms with E-state index in [-0.39, 0.29) is 5.75 Å². The third kappa shape index (κ3) is 5.22. The minimum absolute atomic E-state index is 0.187. The number of methoxy groups -OCH3 is 1. The Kier molecular flexibility index (Phi) is 6.95. The summed E-state index contributed by atoms with van der Waals surface area (Å²) in [6.07, 6.45) is 4.58. The maximum atomic E-state index is 9.92. The van der Waals surface area contributed by atoms with Crippen LogP contribution in [0.4, 0.5) is 11.8 Å². The van der Waals surface area contributed by atoms with E-state index in [1.54, 1.807) is 19.2 Å². The molecule has 1 aliphatic rings. The molecule has 4 rings (SSSR count).